The zero-order chi connectivity index (χ0) is 22.0. The van der Waals surface area contributed by atoms with Gasteiger partial charge < -0.3 is 24.6 Å². The zero-order valence-corrected chi connectivity index (χ0v) is 17.1. The highest BCUT2D eigenvalue weighted by atomic mass is 16.5. The number of hydrogen-bond acceptors (Lipinski definition) is 4. The highest BCUT2D eigenvalue weighted by Crippen LogP contribution is 2.24. The van der Waals surface area contributed by atoms with Crippen molar-refractivity contribution in [2.75, 3.05) is 19.6 Å². The number of benzene rings is 2. The van der Waals surface area contributed by atoms with E-state index in [0.717, 1.165) is 16.5 Å². The van der Waals surface area contributed by atoms with Crippen LogP contribution in [-0.4, -0.2) is 63.4 Å². The van der Waals surface area contributed by atoms with E-state index in [4.69, 9.17) is 4.74 Å². The molecule has 0 radical (unpaired) electrons. The number of aromatic nitrogens is 1. The molecule has 2 amide bonds. The maximum atomic E-state index is 13.0. The summed E-state index contributed by atoms with van der Waals surface area (Å²) >= 11 is 0. The molecule has 0 saturated carbocycles. The van der Waals surface area contributed by atoms with Crippen LogP contribution in [-0.2, 0) is 16.2 Å². The van der Waals surface area contributed by atoms with Crippen LogP contribution in [0.25, 0.3) is 10.9 Å². The van der Waals surface area contributed by atoms with E-state index in [1.807, 2.05) is 48.5 Å². The summed E-state index contributed by atoms with van der Waals surface area (Å²) in [6.45, 7) is 2.20. The fourth-order valence-electron chi connectivity index (χ4n) is 3.78. The van der Waals surface area contributed by atoms with Crippen molar-refractivity contribution in [3.63, 3.8) is 0 Å². The number of aromatic amines is 1. The molecule has 1 aliphatic heterocycles. The lowest BCUT2D eigenvalue weighted by Crippen LogP contribution is -2.59. The fourth-order valence-corrected chi connectivity index (χ4v) is 3.78. The first-order valence-corrected chi connectivity index (χ1v) is 10.0. The third kappa shape index (κ3) is 4.37. The minimum atomic E-state index is -1.12. The molecule has 2 N–H and O–H groups in total. The summed E-state index contributed by atoms with van der Waals surface area (Å²) in [5, 5.41) is 10.3. The van der Waals surface area contributed by atoms with Crippen molar-refractivity contribution in [1.82, 2.24) is 14.8 Å². The van der Waals surface area contributed by atoms with Crippen LogP contribution in [0.15, 0.2) is 54.6 Å². The standard InChI is InChI=1S/C23H23N3O5/c1-15(27)26-10-9-25(13-21(26)23(29)30)22(28)20-12-17-11-18(7-8-19(17)24-20)31-14-16-5-3-2-4-6-16/h2-8,11-12,21,24H,9-10,13-14H2,1H3,(H,29,30). The molecule has 3 aromatic rings. The van der Waals surface area contributed by atoms with E-state index >= 15 is 0 Å². The van der Waals surface area contributed by atoms with E-state index in [9.17, 15) is 19.5 Å². The molecule has 2 heterocycles. The lowest BCUT2D eigenvalue weighted by Gasteiger charge is -2.38. The van der Waals surface area contributed by atoms with Crippen LogP contribution in [0.4, 0.5) is 0 Å². The number of nitrogens with one attached hydrogen (secondary N) is 1. The Labute approximate surface area is 179 Å². The molecule has 1 saturated heterocycles. The van der Waals surface area contributed by atoms with E-state index < -0.39 is 12.0 Å². The molecule has 160 valence electrons. The van der Waals surface area contributed by atoms with Gasteiger partial charge in [-0.15, -0.1) is 0 Å². The monoisotopic (exact) mass is 421 g/mol. The van der Waals surface area contributed by atoms with Gasteiger partial charge in [0.15, 0.2) is 0 Å². The molecule has 2 aromatic carbocycles. The number of carbonyl (C=O) groups is 3. The van der Waals surface area contributed by atoms with E-state index in [-0.39, 0.29) is 31.4 Å². The molecule has 1 atom stereocenters. The SMILES string of the molecule is CC(=O)N1CCN(C(=O)c2cc3cc(OCc4ccccc4)ccc3[nH]2)CC1C(=O)O. The van der Waals surface area contributed by atoms with Gasteiger partial charge in [0.1, 0.15) is 24.1 Å². The topological polar surface area (TPSA) is 103 Å². The second-order valence-corrected chi connectivity index (χ2v) is 7.52. The summed E-state index contributed by atoms with van der Waals surface area (Å²) in [6.07, 6.45) is 0. The average Bonchev–Trinajstić information content (AvgIpc) is 3.20. The number of hydrogen-bond donors (Lipinski definition) is 2. The van der Waals surface area contributed by atoms with E-state index in [1.165, 1.54) is 16.7 Å². The van der Waals surface area contributed by atoms with E-state index in [2.05, 4.69) is 4.98 Å². The van der Waals surface area contributed by atoms with Crippen LogP contribution in [0, 0.1) is 0 Å². The summed E-state index contributed by atoms with van der Waals surface area (Å²) in [5.74, 6) is -1.04. The van der Waals surface area contributed by atoms with Crippen LogP contribution >= 0.6 is 0 Å². The molecule has 0 bridgehead atoms. The second kappa shape index (κ2) is 8.51. The Morgan fingerprint density at radius 3 is 2.58 bits per heavy atom. The van der Waals surface area contributed by atoms with Crippen LogP contribution < -0.4 is 4.74 Å². The molecule has 1 fully saturated rings. The number of aliphatic carboxylic acids is 1. The Morgan fingerprint density at radius 2 is 1.87 bits per heavy atom. The van der Waals surface area contributed by atoms with Gasteiger partial charge in [-0.1, -0.05) is 30.3 Å². The van der Waals surface area contributed by atoms with Crippen LogP contribution in [0.2, 0.25) is 0 Å². The molecule has 4 rings (SSSR count). The predicted octanol–water partition coefficient (Wildman–Crippen LogP) is 2.50. The largest absolute Gasteiger partial charge is 0.489 e. The van der Waals surface area contributed by atoms with Crippen LogP contribution in [0.1, 0.15) is 23.0 Å². The zero-order valence-electron chi connectivity index (χ0n) is 17.1. The lowest BCUT2D eigenvalue weighted by molar-refractivity contribution is -0.152. The Balaban J connectivity index is 1.48. The third-order valence-corrected chi connectivity index (χ3v) is 5.43. The summed E-state index contributed by atoms with van der Waals surface area (Å²) in [4.78, 5) is 42.1. The van der Waals surface area contributed by atoms with Crippen molar-refractivity contribution >= 4 is 28.7 Å². The molecule has 31 heavy (non-hydrogen) atoms. The quantitative estimate of drug-likeness (QED) is 0.659. The molecule has 8 heteroatoms. The summed E-state index contributed by atoms with van der Waals surface area (Å²) in [7, 11) is 0. The molecular formula is C23H23N3O5. The Kier molecular flexibility index (Phi) is 5.62. The number of carboxylic acid groups (broad SMARTS) is 1. The van der Waals surface area contributed by atoms with E-state index in [0.29, 0.717) is 18.1 Å². The number of H-pyrrole nitrogens is 1. The highest BCUT2D eigenvalue weighted by molar-refractivity contribution is 5.98. The molecule has 0 spiro atoms. The second-order valence-electron chi connectivity index (χ2n) is 7.52. The number of rotatable bonds is 5. The molecule has 1 aliphatic rings. The van der Waals surface area contributed by atoms with Gasteiger partial charge in [-0.2, -0.15) is 0 Å². The van der Waals surface area contributed by atoms with Crippen molar-refractivity contribution in [3.8, 4) is 5.75 Å². The van der Waals surface area contributed by atoms with Gasteiger partial charge in [-0.25, -0.2) is 4.79 Å². The van der Waals surface area contributed by atoms with Gasteiger partial charge in [0, 0.05) is 30.9 Å². The maximum Gasteiger partial charge on any atom is 0.328 e. The van der Waals surface area contributed by atoms with Crippen molar-refractivity contribution in [1.29, 1.82) is 0 Å². The minimum Gasteiger partial charge on any atom is -0.489 e. The number of amides is 2. The van der Waals surface area contributed by atoms with E-state index in [1.54, 1.807) is 6.07 Å². The number of carbonyl (C=O) groups excluding carboxylic acids is 2. The minimum absolute atomic E-state index is 0.0471. The van der Waals surface area contributed by atoms with Crippen LogP contribution in [0.3, 0.4) is 0 Å². The van der Waals surface area contributed by atoms with Gasteiger partial charge >= 0.3 is 5.97 Å². The van der Waals surface area contributed by atoms with Crippen LogP contribution in [0.5, 0.6) is 5.75 Å². The van der Waals surface area contributed by atoms with Gasteiger partial charge in [0.25, 0.3) is 5.91 Å². The number of fused-ring (bicyclic) bond motifs is 1. The lowest BCUT2D eigenvalue weighted by atomic mass is 10.1. The smallest absolute Gasteiger partial charge is 0.328 e. The average molecular weight is 421 g/mol. The van der Waals surface area contributed by atoms with Crippen molar-refractivity contribution in [3.05, 3.63) is 65.9 Å². The van der Waals surface area contributed by atoms with Crippen molar-refractivity contribution < 1.29 is 24.2 Å². The normalized spacial score (nSPS) is 16.4. The van der Waals surface area contributed by atoms with Gasteiger partial charge in [0.05, 0.1) is 6.54 Å². The fraction of sp³-hybridized carbons (Fsp3) is 0.261. The first-order valence-electron chi connectivity index (χ1n) is 10.0. The van der Waals surface area contributed by atoms with Crippen molar-refractivity contribution in [2.24, 2.45) is 0 Å². The first-order chi connectivity index (χ1) is 14.9. The molecule has 1 aromatic heterocycles. The number of piperazine rings is 1. The van der Waals surface area contributed by atoms with Gasteiger partial charge in [0.2, 0.25) is 5.91 Å². The summed E-state index contributed by atoms with van der Waals surface area (Å²) < 4.78 is 5.85. The number of nitrogens with zero attached hydrogens (tertiary/aromatic N) is 2. The number of ether oxygens (including phenoxy) is 1. The Bertz CT molecular complexity index is 1120. The molecule has 0 aliphatic carbocycles. The molecule has 1 unspecified atom stereocenters. The molecular weight excluding hydrogens is 398 g/mol. The summed E-state index contributed by atoms with van der Waals surface area (Å²) in [6, 6.07) is 16.1. The maximum absolute atomic E-state index is 13.0. The first kappa shape index (κ1) is 20.5. The molecule has 8 nitrogen and oxygen atoms in total. The third-order valence-electron chi connectivity index (χ3n) is 5.43. The Hall–Kier alpha value is -3.81. The number of carboxylic acids is 1. The summed E-state index contributed by atoms with van der Waals surface area (Å²) in [5.41, 5.74) is 2.22. The highest BCUT2D eigenvalue weighted by Gasteiger charge is 2.36. The van der Waals surface area contributed by atoms with Gasteiger partial charge in [-0.3, -0.25) is 9.59 Å². The van der Waals surface area contributed by atoms with Gasteiger partial charge in [-0.05, 0) is 29.8 Å². The van der Waals surface area contributed by atoms with Crippen molar-refractivity contribution in [2.45, 2.75) is 19.6 Å². The Morgan fingerprint density at radius 1 is 1.10 bits per heavy atom. The predicted molar refractivity (Wildman–Crippen MR) is 114 cm³/mol.